The van der Waals surface area contributed by atoms with E-state index >= 15 is 0 Å². The Balaban J connectivity index is 2.02. The molecule has 16 heavy (non-hydrogen) atoms. The van der Waals surface area contributed by atoms with Crippen molar-refractivity contribution in [3.05, 3.63) is 18.2 Å². The Bertz CT molecular complexity index is 470. The number of rotatable bonds is 5. The first-order valence-electron chi connectivity index (χ1n) is 5.07. The van der Waals surface area contributed by atoms with Gasteiger partial charge in [0.05, 0.1) is 16.8 Å². The molecule has 0 aliphatic carbocycles. The van der Waals surface area contributed by atoms with E-state index in [9.17, 15) is 0 Å². The number of anilines is 1. The molecule has 1 aromatic carbocycles. The molecule has 1 aromatic heterocycles. The Morgan fingerprint density at radius 2 is 2.25 bits per heavy atom. The summed E-state index contributed by atoms with van der Waals surface area (Å²) in [6.45, 7) is 1.38. The Kier molecular flexibility index (Phi) is 3.58. The van der Waals surface area contributed by atoms with Gasteiger partial charge in [0.1, 0.15) is 5.75 Å². The summed E-state index contributed by atoms with van der Waals surface area (Å²) < 4.78 is 11.6. The van der Waals surface area contributed by atoms with E-state index in [0.29, 0.717) is 11.7 Å². The first-order chi connectivity index (χ1) is 7.79. The lowest BCUT2D eigenvalue weighted by Gasteiger charge is -2.04. The van der Waals surface area contributed by atoms with Gasteiger partial charge in [0.15, 0.2) is 5.13 Å². The average molecular weight is 238 g/mol. The van der Waals surface area contributed by atoms with Crippen molar-refractivity contribution >= 4 is 26.7 Å². The highest BCUT2D eigenvalue weighted by molar-refractivity contribution is 7.22. The smallest absolute Gasteiger partial charge is 0.181 e. The normalized spacial score (nSPS) is 10.8. The van der Waals surface area contributed by atoms with Crippen LogP contribution < -0.4 is 10.5 Å². The van der Waals surface area contributed by atoms with Crippen molar-refractivity contribution in [2.75, 3.05) is 26.1 Å². The zero-order chi connectivity index (χ0) is 11.4. The third kappa shape index (κ3) is 2.62. The summed E-state index contributed by atoms with van der Waals surface area (Å²) in [4.78, 5) is 4.18. The zero-order valence-electron chi connectivity index (χ0n) is 9.10. The summed E-state index contributed by atoms with van der Waals surface area (Å²) in [6.07, 6.45) is 0.888. The van der Waals surface area contributed by atoms with Crippen LogP contribution in [0.2, 0.25) is 0 Å². The zero-order valence-corrected chi connectivity index (χ0v) is 9.92. The van der Waals surface area contributed by atoms with Crippen LogP contribution in [0, 0.1) is 0 Å². The van der Waals surface area contributed by atoms with Crippen molar-refractivity contribution in [3.63, 3.8) is 0 Å². The number of ether oxygens (including phenoxy) is 2. The highest BCUT2D eigenvalue weighted by Crippen LogP contribution is 2.27. The molecule has 2 aromatic rings. The topological polar surface area (TPSA) is 57.4 Å². The molecule has 0 aliphatic heterocycles. The van der Waals surface area contributed by atoms with Gasteiger partial charge in [-0.1, -0.05) is 11.3 Å². The van der Waals surface area contributed by atoms with Gasteiger partial charge in [-0.25, -0.2) is 4.98 Å². The molecular weight excluding hydrogens is 224 g/mol. The quantitative estimate of drug-likeness (QED) is 0.812. The number of hydrogen-bond donors (Lipinski definition) is 1. The predicted molar refractivity (Wildman–Crippen MR) is 66.0 cm³/mol. The first-order valence-corrected chi connectivity index (χ1v) is 5.89. The molecule has 2 N–H and O–H groups in total. The number of nitrogens with zero attached hydrogens (tertiary/aromatic N) is 1. The van der Waals surface area contributed by atoms with Crippen LogP contribution >= 0.6 is 11.3 Å². The summed E-state index contributed by atoms with van der Waals surface area (Å²) in [5, 5.41) is 0.589. The molecule has 0 atom stereocenters. The van der Waals surface area contributed by atoms with E-state index in [4.69, 9.17) is 15.2 Å². The highest BCUT2D eigenvalue weighted by atomic mass is 32.1. The van der Waals surface area contributed by atoms with Crippen molar-refractivity contribution in [1.29, 1.82) is 0 Å². The second kappa shape index (κ2) is 5.14. The monoisotopic (exact) mass is 238 g/mol. The molecule has 0 spiro atoms. The molecular formula is C11H14N2O2S. The van der Waals surface area contributed by atoms with Gasteiger partial charge in [0.25, 0.3) is 0 Å². The van der Waals surface area contributed by atoms with E-state index in [1.54, 1.807) is 7.11 Å². The SMILES string of the molecule is COCCCOc1ccc2nc(N)sc2c1. The van der Waals surface area contributed by atoms with Crippen LogP contribution in [0.4, 0.5) is 5.13 Å². The second-order valence-electron chi connectivity index (χ2n) is 3.38. The van der Waals surface area contributed by atoms with Crippen molar-refractivity contribution in [2.45, 2.75) is 6.42 Å². The molecule has 4 nitrogen and oxygen atoms in total. The molecule has 0 amide bonds. The number of benzene rings is 1. The third-order valence-electron chi connectivity index (χ3n) is 2.14. The Hall–Kier alpha value is -1.33. The van der Waals surface area contributed by atoms with E-state index < -0.39 is 0 Å². The minimum Gasteiger partial charge on any atom is -0.493 e. The lowest BCUT2D eigenvalue weighted by molar-refractivity contribution is 0.172. The Morgan fingerprint density at radius 3 is 3.06 bits per heavy atom. The molecule has 0 aliphatic rings. The summed E-state index contributed by atoms with van der Waals surface area (Å²) >= 11 is 1.47. The van der Waals surface area contributed by atoms with Gasteiger partial charge in [-0.3, -0.25) is 0 Å². The molecule has 0 radical (unpaired) electrons. The lowest BCUT2D eigenvalue weighted by atomic mass is 10.3. The maximum Gasteiger partial charge on any atom is 0.181 e. The Morgan fingerprint density at radius 1 is 1.38 bits per heavy atom. The molecule has 0 saturated carbocycles. The fourth-order valence-electron chi connectivity index (χ4n) is 1.41. The van der Waals surface area contributed by atoms with Gasteiger partial charge in [0.2, 0.25) is 0 Å². The average Bonchev–Trinajstić information content (AvgIpc) is 2.64. The van der Waals surface area contributed by atoms with Crippen LogP contribution in [0.15, 0.2) is 18.2 Å². The number of nitrogen functional groups attached to an aromatic ring is 1. The lowest BCUT2D eigenvalue weighted by Crippen LogP contribution is -2.00. The van der Waals surface area contributed by atoms with Gasteiger partial charge in [0, 0.05) is 20.1 Å². The molecule has 0 unspecified atom stereocenters. The molecule has 0 saturated heterocycles. The maximum absolute atomic E-state index is 5.63. The predicted octanol–water partition coefficient (Wildman–Crippen LogP) is 2.29. The highest BCUT2D eigenvalue weighted by Gasteiger charge is 2.02. The van der Waals surface area contributed by atoms with Crippen LogP contribution in [0.1, 0.15) is 6.42 Å². The molecule has 5 heteroatoms. The minimum atomic E-state index is 0.589. The van der Waals surface area contributed by atoms with Gasteiger partial charge in [-0.2, -0.15) is 0 Å². The maximum atomic E-state index is 5.63. The molecule has 86 valence electrons. The van der Waals surface area contributed by atoms with Crippen molar-refractivity contribution in [1.82, 2.24) is 4.98 Å². The van der Waals surface area contributed by atoms with Gasteiger partial charge < -0.3 is 15.2 Å². The number of methoxy groups -OCH3 is 1. The molecule has 2 rings (SSSR count). The number of hydrogen-bond acceptors (Lipinski definition) is 5. The van der Waals surface area contributed by atoms with Crippen LogP contribution in [0.25, 0.3) is 10.2 Å². The van der Waals surface area contributed by atoms with Crippen LogP contribution in [-0.2, 0) is 4.74 Å². The second-order valence-corrected chi connectivity index (χ2v) is 4.44. The minimum absolute atomic E-state index is 0.589. The number of fused-ring (bicyclic) bond motifs is 1. The number of nitrogens with two attached hydrogens (primary N) is 1. The van der Waals surface area contributed by atoms with Gasteiger partial charge in [-0.15, -0.1) is 0 Å². The van der Waals surface area contributed by atoms with Crippen LogP contribution in [0.3, 0.4) is 0 Å². The van der Waals surface area contributed by atoms with Crippen molar-refractivity contribution < 1.29 is 9.47 Å². The fraction of sp³-hybridized carbons (Fsp3) is 0.364. The van der Waals surface area contributed by atoms with E-state index in [-0.39, 0.29) is 0 Å². The van der Waals surface area contributed by atoms with Crippen molar-refractivity contribution in [2.24, 2.45) is 0 Å². The summed E-state index contributed by atoms with van der Waals surface area (Å²) in [5.41, 5.74) is 6.55. The van der Waals surface area contributed by atoms with E-state index in [0.717, 1.165) is 29.0 Å². The van der Waals surface area contributed by atoms with E-state index in [1.807, 2.05) is 18.2 Å². The summed E-state index contributed by atoms with van der Waals surface area (Å²) in [6, 6.07) is 5.80. The largest absolute Gasteiger partial charge is 0.493 e. The van der Waals surface area contributed by atoms with Gasteiger partial charge in [-0.05, 0) is 18.2 Å². The van der Waals surface area contributed by atoms with Gasteiger partial charge >= 0.3 is 0 Å². The molecule has 1 heterocycles. The van der Waals surface area contributed by atoms with Crippen molar-refractivity contribution in [3.8, 4) is 5.75 Å². The summed E-state index contributed by atoms with van der Waals surface area (Å²) in [5.74, 6) is 0.854. The van der Waals surface area contributed by atoms with E-state index in [2.05, 4.69) is 4.98 Å². The third-order valence-corrected chi connectivity index (χ3v) is 2.99. The fourth-order valence-corrected chi connectivity index (χ4v) is 2.17. The molecule has 0 fully saturated rings. The van der Waals surface area contributed by atoms with E-state index in [1.165, 1.54) is 11.3 Å². The standard InChI is InChI=1S/C11H14N2O2S/c1-14-5-2-6-15-8-3-4-9-10(7-8)16-11(12)13-9/h3-4,7H,2,5-6H2,1H3,(H2,12,13). The Labute approximate surface area is 98.0 Å². The number of aromatic nitrogens is 1. The van der Waals surface area contributed by atoms with Crippen LogP contribution in [-0.4, -0.2) is 25.3 Å². The first kappa shape index (κ1) is 11.2. The van der Waals surface area contributed by atoms with Crippen LogP contribution in [0.5, 0.6) is 5.75 Å². The molecule has 0 bridgehead atoms. The summed E-state index contributed by atoms with van der Waals surface area (Å²) in [7, 11) is 1.69. The number of thiazole rings is 1.